The van der Waals surface area contributed by atoms with E-state index in [0.29, 0.717) is 15.0 Å². The zero-order chi connectivity index (χ0) is 13.6. The lowest BCUT2D eigenvalue weighted by molar-refractivity contribution is 0.0912. The Bertz CT molecular complexity index is 664. The fourth-order valence-corrected chi connectivity index (χ4v) is 3.10. The van der Waals surface area contributed by atoms with Crippen LogP contribution in [0.4, 0.5) is 10.1 Å². The maximum atomic E-state index is 13.7. The van der Waals surface area contributed by atoms with E-state index < -0.39 is 11.4 Å². The average Bonchev–Trinajstić information content (AvgIpc) is 3.07. The summed E-state index contributed by atoms with van der Waals surface area (Å²) in [5.41, 5.74) is 5.54. The van der Waals surface area contributed by atoms with E-state index in [-0.39, 0.29) is 18.2 Å². The van der Waals surface area contributed by atoms with Crippen molar-refractivity contribution in [1.82, 2.24) is 5.32 Å². The van der Waals surface area contributed by atoms with Crippen LogP contribution in [0.1, 0.15) is 22.5 Å². The van der Waals surface area contributed by atoms with Crippen LogP contribution in [-0.2, 0) is 0 Å². The van der Waals surface area contributed by atoms with Crippen molar-refractivity contribution in [3.63, 3.8) is 0 Å². The van der Waals surface area contributed by atoms with E-state index >= 15 is 0 Å². The van der Waals surface area contributed by atoms with Gasteiger partial charge in [-0.25, -0.2) is 4.39 Å². The van der Waals surface area contributed by atoms with Crippen LogP contribution < -0.4 is 11.1 Å². The number of aliphatic hydroxyl groups is 1. The number of hydrogen-bond acceptors (Lipinski definition) is 4. The van der Waals surface area contributed by atoms with Gasteiger partial charge in [0.25, 0.3) is 5.91 Å². The van der Waals surface area contributed by atoms with Gasteiger partial charge < -0.3 is 16.2 Å². The molecule has 1 fully saturated rings. The highest BCUT2D eigenvalue weighted by molar-refractivity contribution is 7.21. The molecule has 1 aliphatic carbocycles. The number of anilines is 1. The molecule has 4 nitrogen and oxygen atoms in total. The maximum Gasteiger partial charge on any atom is 0.264 e. The van der Waals surface area contributed by atoms with E-state index in [4.69, 9.17) is 5.73 Å². The first-order chi connectivity index (χ1) is 9.06. The molecule has 2 aromatic rings. The lowest BCUT2D eigenvalue weighted by Crippen LogP contribution is -2.39. The quantitative estimate of drug-likeness (QED) is 0.803. The van der Waals surface area contributed by atoms with E-state index in [1.165, 1.54) is 17.4 Å². The molecule has 0 aliphatic heterocycles. The monoisotopic (exact) mass is 280 g/mol. The summed E-state index contributed by atoms with van der Waals surface area (Å²) in [5.74, 6) is -0.766. The number of amides is 1. The SMILES string of the molecule is Nc1c(C(=O)NC2(CO)CC2)sc2cccc(F)c12. The van der Waals surface area contributed by atoms with Crippen molar-refractivity contribution in [2.24, 2.45) is 0 Å². The number of halogens is 1. The summed E-state index contributed by atoms with van der Waals surface area (Å²) < 4.78 is 14.3. The highest BCUT2D eigenvalue weighted by Crippen LogP contribution is 2.38. The van der Waals surface area contributed by atoms with Crippen LogP contribution in [0.25, 0.3) is 10.1 Å². The van der Waals surface area contributed by atoms with E-state index in [1.54, 1.807) is 12.1 Å². The molecule has 1 aromatic carbocycles. The van der Waals surface area contributed by atoms with Gasteiger partial charge in [-0.3, -0.25) is 4.79 Å². The summed E-state index contributed by atoms with van der Waals surface area (Å²) in [6.45, 7) is -0.0854. The van der Waals surface area contributed by atoms with Crippen molar-refractivity contribution in [3.8, 4) is 0 Å². The molecule has 1 heterocycles. The zero-order valence-electron chi connectivity index (χ0n) is 10.1. The van der Waals surface area contributed by atoms with Gasteiger partial charge in [0.05, 0.1) is 23.2 Å². The van der Waals surface area contributed by atoms with Crippen LogP contribution in [0, 0.1) is 5.82 Å². The fraction of sp³-hybridized carbons (Fsp3) is 0.308. The van der Waals surface area contributed by atoms with E-state index in [9.17, 15) is 14.3 Å². The molecule has 0 unspecified atom stereocenters. The molecule has 0 radical (unpaired) electrons. The number of aliphatic hydroxyl groups excluding tert-OH is 1. The third-order valence-electron chi connectivity index (χ3n) is 3.44. The molecular weight excluding hydrogens is 267 g/mol. The Morgan fingerprint density at radius 1 is 1.53 bits per heavy atom. The second kappa shape index (κ2) is 4.18. The molecule has 3 rings (SSSR count). The lowest BCUT2D eigenvalue weighted by Gasteiger charge is -2.13. The van der Waals surface area contributed by atoms with Gasteiger partial charge in [-0.15, -0.1) is 11.3 Å². The summed E-state index contributed by atoms with van der Waals surface area (Å²) >= 11 is 1.17. The van der Waals surface area contributed by atoms with Crippen LogP contribution in [0.3, 0.4) is 0 Å². The zero-order valence-corrected chi connectivity index (χ0v) is 10.9. The summed E-state index contributed by atoms with van der Waals surface area (Å²) in [7, 11) is 0. The van der Waals surface area contributed by atoms with Gasteiger partial charge in [0.2, 0.25) is 0 Å². The molecule has 100 valence electrons. The largest absolute Gasteiger partial charge is 0.397 e. The molecule has 4 N–H and O–H groups in total. The second-order valence-corrected chi connectivity index (χ2v) is 5.90. The molecular formula is C13H13FN2O2S. The number of rotatable bonds is 3. The van der Waals surface area contributed by atoms with E-state index in [1.807, 2.05) is 0 Å². The van der Waals surface area contributed by atoms with Crippen LogP contribution in [0.15, 0.2) is 18.2 Å². The van der Waals surface area contributed by atoms with Crippen LogP contribution >= 0.6 is 11.3 Å². The van der Waals surface area contributed by atoms with Gasteiger partial charge in [0.1, 0.15) is 10.7 Å². The van der Waals surface area contributed by atoms with Gasteiger partial charge in [-0.2, -0.15) is 0 Å². The van der Waals surface area contributed by atoms with E-state index in [0.717, 1.165) is 12.8 Å². The third kappa shape index (κ3) is 1.97. The second-order valence-electron chi connectivity index (χ2n) is 4.85. The number of carbonyl (C=O) groups excluding carboxylic acids is 1. The minimum Gasteiger partial charge on any atom is -0.397 e. The fourth-order valence-electron chi connectivity index (χ4n) is 2.07. The van der Waals surface area contributed by atoms with Crippen LogP contribution in [0.2, 0.25) is 0 Å². The van der Waals surface area contributed by atoms with Crippen molar-refractivity contribution in [2.75, 3.05) is 12.3 Å². The third-order valence-corrected chi connectivity index (χ3v) is 4.61. The van der Waals surface area contributed by atoms with Crippen LogP contribution in [-0.4, -0.2) is 23.2 Å². The van der Waals surface area contributed by atoms with Crippen molar-refractivity contribution in [2.45, 2.75) is 18.4 Å². The molecule has 1 aromatic heterocycles. The molecule has 1 aliphatic rings. The number of nitrogens with two attached hydrogens (primary N) is 1. The molecule has 19 heavy (non-hydrogen) atoms. The first kappa shape index (κ1) is 12.4. The number of fused-ring (bicyclic) bond motifs is 1. The Labute approximate surface area is 113 Å². The first-order valence-electron chi connectivity index (χ1n) is 5.96. The van der Waals surface area contributed by atoms with Gasteiger partial charge in [0, 0.05) is 4.70 Å². The Hall–Kier alpha value is -1.66. The van der Waals surface area contributed by atoms with Crippen LogP contribution in [0.5, 0.6) is 0 Å². The number of benzene rings is 1. The molecule has 6 heteroatoms. The van der Waals surface area contributed by atoms with Gasteiger partial charge in [-0.05, 0) is 25.0 Å². The molecule has 0 saturated heterocycles. The Morgan fingerprint density at radius 3 is 2.84 bits per heavy atom. The lowest BCUT2D eigenvalue weighted by atomic mass is 10.2. The maximum absolute atomic E-state index is 13.7. The Kier molecular flexibility index (Phi) is 2.72. The summed E-state index contributed by atoms with van der Waals surface area (Å²) in [5, 5.41) is 12.3. The molecule has 0 atom stereocenters. The smallest absolute Gasteiger partial charge is 0.264 e. The van der Waals surface area contributed by atoms with Gasteiger partial charge >= 0.3 is 0 Å². The van der Waals surface area contributed by atoms with Gasteiger partial charge in [-0.1, -0.05) is 6.07 Å². The predicted molar refractivity (Wildman–Crippen MR) is 72.7 cm³/mol. The summed E-state index contributed by atoms with van der Waals surface area (Å²) in [4.78, 5) is 12.5. The minimum atomic E-state index is -0.502. The van der Waals surface area contributed by atoms with Crippen molar-refractivity contribution >= 4 is 33.0 Å². The number of nitrogens with one attached hydrogen (secondary N) is 1. The number of thiophene rings is 1. The van der Waals surface area contributed by atoms with Crippen molar-refractivity contribution in [3.05, 3.63) is 28.9 Å². The first-order valence-corrected chi connectivity index (χ1v) is 6.78. The van der Waals surface area contributed by atoms with Gasteiger partial charge in [0.15, 0.2) is 0 Å². The highest BCUT2D eigenvalue weighted by atomic mass is 32.1. The molecule has 0 spiro atoms. The molecule has 1 saturated carbocycles. The average molecular weight is 280 g/mol. The van der Waals surface area contributed by atoms with Crippen molar-refractivity contribution in [1.29, 1.82) is 0 Å². The summed E-state index contributed by atoms with van der Waals surface area (Å²) in [6, 6.07) is 4.64. The Morgan fingerprint density at radius 2 is 2.26 bits per heavy atom. The van der Waals surface area contributed by atoms with Crippen molar-refractivity contribution < 1.29 is 14.3 Å². The molecule has 0 bridgehead atoms. The molecule has 1 amide bonds. The minimum absolute atomic E-state index is 0.0854. The normalized spacial score (nSPS) is 16.5. The summed E-state index contributed by atoms with van der Waals surface area (Å²) in [6.07, 6.45) is 1.52. The Balaban J connectivity index is 1.99. The topological polar surface area (TPSA) is 75.4 Å². The number of nitrogen functional groups attached to an aromatic ring is 1. The number of carbonyl (C=O) groups is 1. The standard InChI is InChI=1S/C13H13FN2O2S/c14-7-2-1-3-8-9(7)10(15)11(19-8)12(18)16-13(6-17)4-5-13/h1-3,17H,4-6,15H2,(H,16,18). The number of hydrogen-bond donors (Lipinski definition) is 3. The van der Waals surface area contributed by atoms with E-state index in [2.05, 4.69) is 5.32 Å². The predicted octanol–water partition coefficient (Wildman–Crippen LogP) is 1.88. The highest BCUT2D eigenvalue weighted by Gasteiger charge is 2.44.